The van der Waals surface area contributed by atoms with Crippen LogP contribution in [0, 0.1) is 0 Å². The first-order valence-corrected chi connectivity index (χ1v) is 5.90. The van der Waals surface area contributed by atoms with Gasteiger partial charge in [-0.15, -0.1) is 21.8 Å². The first kappa shape index (κ1) is 11.9. The minimum absolute atomic E-state index is 0.479. The fraction of sp³-hybridized carbons (Fsp3) is 0.333. The van der Waals surface area contributed by atoms with E-state index in [0.29, 0.717) is 24.1 Å². The third kappa shape index (κ3) is 2.77. The van der Waals surface area contributed by atoms with E-state index in [-0.39, 0.29) is 0 Å². The summed E-state index contributed by atoms with van der Waals surface area (Å²) in [5.41, 5.74) is 0.805. The van der Waals surface area contributed by atoms with Crippen molar-refractivity contribution in [2.75, 3.05) is 13.0 Å². The van der Waals surface area contributed by atoms with E-state index in [1.807, 2.05) is 24.3 Å². The second-order valence-corrected chi connectivity index (χ2v) is 3.87. The Morgan fingerprint density at radius 2 is 2.12 bits per heavy atom. The topological polar surface area (TPSA) is 48.2 Å². The number of halogens is 1. The third-order valence-electron chi connectivity index (χ3n) is 2.33. The maximum atomic E-state index is 5.61. The lowest BCUT2D eigenvalue weighted by Gasteiger charge is -2.03. The number of alkyl halides is 1. The number of hydrogen-bond donors (Lipinski definition) is 0. The van der Waals surface area contributed by atoms with E-state index in [1.165, 1.54) is 0 Å². The average molecular weight is 253 g/mol. The van der Waals surface area contributed by atoms with Gasteiger partial charge in [0.1, 0.15) is 5.75 Å². The number of aryl methyl sites for hydroxylation is 1. The molecule has 0 fully saturated rings. The highest BCUT2D eigenvalue weighted by atomic mass is 35.5. The summed E-state index contributed by atoms with van der Waals surface area (Å²) in [5, 5.41) is 7.98. The number of para-hydroxylation sites is 1. The minimum atomic E-state index is 0.479. The Balaban J connectivity index is 2.24. The van der Waals surface area contributed by atoms with Crippen LogP contribution >= 0.6 is 11.6 Å². The largest absolute Gasteiger partial charge is 0.496 e. The Bertz CT molecular complexity index is 485. The standard InChI is InChI=1S/C12H13ClN2O2/c1-16-10-6-3-2-5-9(10)12-15-14-11(17-12)7-4-8-13/h2-3,5-6H,4,7-8H2,1H3. The van der Waals surface area contributed by atoms with Crippen LogP contribution in [0.15, 0.2) is 28.7 Å². The van der Waals surface area contributed by atoms with E-state index >= 15 is 0 Å². The van der Waals surface area contributed by atoms with Crippen LogP contribution in [0.2, 0.25) is 0 Å². The Morgan fingerprint density at radius 1 is 1.29 bits per heavy atom. The molecule has 0 atom stereocenters. The number of hydrogen-bond acceptors (Lipinski definition) is 4. The van der Waals surface area contributed by atoms with Crippen molar-refractivity contribution in [2.45, 2.75) is 12.8 Å². The molecule has 0 aliphatic heterocycles. The van der Waals surface area contributed by atoms with Crippen LogP contribution in [-0.2, 0) is 6.42 Å². The van der Waals surface area contributed by atoms with Gasteiger partial charge in [0, 0.05) is 12.3 Å². The molecule has 1 heterocycles. The van der Waals surface area contributed by atoms with Crippen molar-refractivity contribution in [3.8, 4) is 17.2 Å². The second kappa shape index (κ2) is 5.68. The molecular weight excluding hydrogens is 240 g/mol. The van der Waals surface area contributed by atoms with E-state index in [4.69, 9.17) is 20.8 Å². The molecule has 0 N–H and O–H groups in total. The molecule has 0 saturated heterocycles. The summed E-state index contributed by atoms with van der Waals surface area (Å²) in [5.74, 6) is 2.39. The lowest BCUT2D eigenvalue weighted by molar-refractivity contribution is 0.413. The van der Waals surface area contributed by atoms with Crippen LogP contribution in [0.1, 0.15) is 12.3 Å². The predicted molar refractivity (Wildman–Crippen MR) is 65.3 cm³/mol. The molecular formula is C12H13ClN2O2. The number of ether oxygens (including phenoxy) is 1. The SMILES string of the molecule is COc1ccccc1-c1nnc(CCCCl)o1. The van der Waals surface area contributed by atoms with E-state index in [2.05, 4.69) is 10.2 Å². The number of benzene rings is 1. The highest BCUT2D eigenvalue weighted by Crippen LogP contribution is 2.28. The summed E-state index contributed by atoms with van der Waals surface area (Å²) in [6.45, 7) is 0. The lowest BCUT2D eigenvalue weighted by atomic mass is 10.2. The van der Waals surface area contributed by atoms with E-state index in [0.717, 1.165) is 17.7 Å². The highest BCUT2D eigenvalue weighted by molar-refractivity contribution is 6.17. The van der Waals surface area contributed by atoms with Crippen molar-refractivity contribution in [1.29, 1.82) is 0 Å². The van der Waals surface area contributed by atoms with Gasteiger partial charge in [-0.05, 0) is 18.6 Å². The van der Waals surface area contributed by atoms with Gasteiger partial charge in [0.25, 0.3) is 5.89 Å². The number of rotatable bonds is 5. The van der Waals surface area contributed by atoms with Crippen LogP contribution in [-0.4, -0.2) is 23.2 Å². The first-order valence-electron chi connectivity index (χ1n) is 5.37. The molecule has 0 aliphatic rings. The molecule has 0 radical (unpaired) electrons. The summed E-state index contributed by atoms with van der Waals surface area (Å²) in [6, 6.07) is 7.54. The zero-order valence-corrected chi connectivity index (χ0v) is 10.3. The average Bonchev–Trinajstić information content (AvgIpc) is 2.85. The maximum absolute atomic E-state index is 5.61. The minimum Gasteiger partial charge on any atom is -0.496 e. The monoisotopic (exact) mass is 252 g/mol. The molecule has 0 aliphatic carbocycles. The second-order valence-electron chi connectivity index (χ2n) is 3.49. The third-order valence-corrected chi connectivity index (χ3v) is 2.60. The Labute approximate surface area is 105 Å². The van der Waals surface area contributed by atoms with Gasteiger partial charge in [0.15, 0.2) is 0 Å². The van der Waals surface area contributed by atoms with Crippen LogP contribution in [0.3, 0.4) is 0 Å². The van der Waals surface area contributed by atoms with Crippen molar-refractivity contribution < 1.29 is 9.15 Å². The molecule has 17 heavy (non-hydrogen) atoms. The fourth-order valence-corrected chi connectivity index (χ4v) is 1.64. The molecule has 0 unspecified atom stereocenters. The number of methoxy groups -OCH3 is 1. The molecule has 0 amide bonds. The first-order chi connectivity index (χ1) is 8.35. The van der Waals surface area contributed by atoms with Gasteiger partial charge in [-0.2, -0.15) is 0 Å². The molecule has 4 nitrogen and oxygen atoms in total. The fourth-order valence-electron chi connectivity index (χ4n) is 1.50. The van der Waals surface area contributed by atoms with Crippen LogP contribution in [0.25, 0.3) is 11.5 Å². The number of aromatic nitrogens is 2. The van der Waals surface area contributed by atoms with Crippen molar-refractivity contribution in [3.05, 3.63) is 30.2 Å². The molecule has 0 saturated carbocycles. The molecule has 2 rings (SSSR count). The van der Waals surface area contributed by atoms with Gasteiger partial charge in [-0.25, -0.2) is 0 Å². The van der Waals surface area contributed by atoms with Gasteiger partial charge >= 0.3 is 0 Å². The summed E-state index contributed by atoms with van der Waals surface area (Å²) >= 11 is 5.61. The smallest absolute Gasteiger partial charge is 0.251 e. The normalized spacial score (nSPS) is 10.5. The van der Waals surface area contributed by atoms with Gasteiger partial charge < -0.3 is 9.15 Å². The van der Waals surface area contributed by atoms with Gasteiger partial charge in [0.05, 0.1) is 12.7 Å². The van der Waals surface area contributed by atoms with E-state index in [1.54, 1.807) is 7.11 Å². The Morgan fingerprint density at radius 3 is 2.88 bits per heavy atom. The molecule has 1 aromatic heterocycles. The zero-order chi connectivity index (χ0) is 12.1. The molecule has 0 bridgehead atoms. The zero-order valence-electron chi connectivity index (χ0n) is 9.52. The van der Waals surface area contributed by atoms with Gasteiger partial charge in [0.2, 0.25) is 5.89 Å². The summed E-state index contributed by atoms with van der Waals surface area (Å²) in [4.78, 5) is 0. The predicted octanol–water partition coefficient (Wildman–Crippen LogP) is 2.92. The van der Waals surface area contributed by atoms with Crippen LogP contribution in [0.5, 0.6) is 5.75 Å². The quantitative estimate of drug-likeness (QED) is 0.768. The summed E-state index contributed by atoms with van der Waals surface area (Å²) in [7, 11) is 1.61. The molecule has 90 valence electrons. The van der Waals surface area contributed by atoms with Crippen LogP contribution < -0.4 is 4.74 Å². The maximum Gasteiger partial charge on any atom is 0.251 e. The molecule has 0 spiro atoms. The summed E-state index contributed by atoms with van der Waals surface area (Å²) < 4.78 is 10.8. The van der Waals surface area contributed by atoms with Crippen molar-refractivity contribution in [3.63, 3.8) is 0 Å². The summed E-state index contributed by atoms with van der Waals surface area (Å²) in [6.07, 6.45) is 1.53. The molecule has 2 aromatic rings. The van der Waals surface area contributed by atoms with E-state index < -0.39 is 0 Å². The molecule has 1 aromatic carbocycles. The Hall–Kier alpha value is -1.55. The lowest BCUT2D eigenvalue weighted by Crippen LogP contribution is -1.87. The Kier molecular flexibility index (Phi) is 3.98. The van der Waals surface area contributed by atoms with Crippen molar-refractivity contribution >= 4 is 11.6 Å². The van der Waals surface area contributed by atoms with Crippen molar-refractivity contribution in [2.24, 2.45) is 0 Å². The van der Waals surface area contributed by atoms with E-state index in [9.17, 15) is 0 Å². The van der Waals surface area contributed by atoms with Crippen molar-refractivity contribution in [1.82, 2.24) is 10.2 Å². The van der Waals surface area contributed by atoms with Gasteiger partial charge in [-0.3, -0.25) is 0 Å². The molecule has 5 heteroatoms. The number of nitrogens with zero attached hydrogens (tertiary/aromatic N) is 2. The van der Waals surface area contributed by atoms with Gasteiger partial charge in [-0.1, -0.05) is 12.1 Å². The highest BCUT2D eigenvalue weighted by Gasteiger charge is 2.12. The van der Waals surface area contributed by atoms with Crippen LogP contribution in [0.4, 0.5) is 0 Å².